The molecule has 0 atom stereocenters. The van der Waals surface area contributed by atoms with Gasteiger partial charge in [0.15, 0.2) is 23.2 Å². The Morgan fingerprint density at radius 2 is 1.85 bits per heavy atom. The van der Waals surface area contributed by atoms with Crippen LogP contribution in [0, 0.1) is 0 Å². The van der Waals surface area contributed by atoms with E-state index in [4.69, 9.17) is 14.5 Å². The molecule has 10 nitrogen and oxygen atoms in total. The van der Waals surface area contributed by atoms with Gasteiger partial charge in [-0.25, -0.2) is 24.7 Å². The third-order valence-electron chi connectivity index (χ3n) is 5.99. The first-order chi connectivity index (χ1) is 16.0. The van der Waals surface area contributed by atoms with E-state index in [1.54, 1.807) is 25.5 Å². The van der Waals surface area contributed by atoms with Crippen LogP contribution in [0.15, 0.2) is 41.5 Å². The predicted octanol–water partition coefficient (Wildman–Crippen LogP) is 2.77. The Morgan fingerprint density at radius 3 is 2.48 bits per heavy atom. The SMILES string of the molecule is COC(=O)c1nc(-c2nc3ccc(-c4ncccn4)cc3n2C2CCC2)n(C)c(=O)c1OC. The van der Waals surface area contributed by atoms with Crippen molar-refractivity contribution in [2.24, 2.45) is 7.05 Å². The molecule has 33 heavy (non-hydrogen) atoms. The van der Waals surface area contributed by atoms with Crippen molar-refractivity contribution < 1.29 is 14.3 Å². The van der Waals surface area contributed by atoms with Crippen molar-refractivity contribution in [1.29, 1.82) is 0 Å². The number of hydrogen-bond donors (Lipinski definition) is 0. The third-order valence-corrected chi connectivity index (χ3v) is 5.99. The highest BCUT2D eigenvalue weighted by atomic mass is 16.5. The molecule has 0 saturated heterocycles. The summed E-state index contributed by atoms with van der Waals surface area (Å²) in [6.07, 6.45) is 6.48. The van der Waals surface area contributed by atoms with Gasteiger partial charge in [0.1, 0.15) is 0 Å². The van der Waals surface area contributed by atoms with Gasteiger partial charge in [-0.05, 0) is 43.5 Å². The average molecular weight is 446 g/mol. The zero-order valence-electron chi connectivity index (χ0n) is 18.5. The average Bonchev–Trinajstić information content (AvgIpc) is 3.17. The maximum absolute atomic E-state index is 13.0. The highest BCUT2D eigenvalue weighted by molar-refractivity contribution is 5.91. The molecular formula is C23H22N6O4. The van der Waals surface area contributed by atoms with E-state index in [0.29, 0.717) is 11.6 Å². The molecule has 1 saturated carbocycles. The van der Waals surface area contributed by atoms with E-state index >= 15 is 0 Å². The molecule has 0 bridgehead atoms. The molecule has 10 heteroatoms. The van der Waals surface area contributed by atoms with Crippen LogP contribution in [0.3, 0.4) is 0 Å². The number of rotatable bonds is 5. The van der Waals surface area contributed by atoms with E-state index < -0.39 is 11.5 Å². The largest absolute Gasteiger partial charge is 0.489 e. The number of carbonyl (C=O) groups excluding carboxylic acids is 1. The van der Waals surface area contributed by atoms with Crippen LogP contribution < -0.4 is 10.3 Å². The van der Waals surface area contributed by atoms with Crippen molar-refractivity contribution in [2.45, 2.75) is 25.3 Å². The zero-order chi connectivity index (χ0) is 23.1. The van der Waals surface area contributed by atoms with Crippen molar-refractivity contribution in [3.63, 3.8) is 0 Å². The first-order valence-corrected chi connectivity index (χ1v) is 10.6. The van der Waals surface area contributed by atoms with Crippen molar-refractivity contribution >= 4 is 17.0 Å². The molecule has 0 amide bonds. The smallest absolute Gasteiger partial charge is 0.360 e. The number of methoxy groups -OCH3 is 2. The van der Waals surface area contributed by atoms with E-state index in [1.807, 2.05) is 18.2 Å². The van der Waals surface area contributed by atoms with E-state index in [1.165, 1.54) is 18.8 Å². The van der Waals surface area contributed by atoms with Crippen molar-refractivity contribution in [1.82, 2.24) is 29.1 Å². The lowest BCUT2D eigenvalue weighted by molar-refractivity contribution is 0.0589. The van der Waals surface area contributed by atoms with Crippen LogP contribution in [0.25, 0.3) is 34.1 Å². The van der Waals surface area contributed by atoms with Gasteiger partial charge in [-0.1, -0.05) is 0 Å². The van der Waals surface area contributed by atoms with Gasteiger partial charge in [0.2, 0.25) is 5.75 Å². The lowest BCUT2D eigenvalue weighted by Gasteiger charge is -2.29. The Bertz CT molecular complexity index is 1420. The summed E-state index contributed by atoms with van der Waals surface area (Å²) in [4.78, 5) is 43.3. The summed E-state index contributed by atoms with van der Waals surface area (Å²) in [6.45, 7) is 0. The lowest BCUT2D eigenvalue weighted by Crippen LogP contribution is -2.27. The molecule has 0 radical (unpaired) electrons. The summed E-state index contributed by atoms with van der Waals surface area (Å²) < 4.78 is 13.4. The molecular weight excluding hydrogens is 424 g/mol. The van der Waals surface area contributed by atoms with Crippen LogP contribution in [0.1, 0.15) is 35.8 Å². The molecule has 1 aliphatic carbocycles. The molecule has 4 aromatic rings. The fourth-order valence-electron chi connectivity index (χ4n) is 4.05. The fourth-order valence-corrected chi connectivity index (χ4v) is 4.05. The fraction of sp³-hybridized carbons (Fsp3) is 0.304. The number of imidazole rings is 1. The molecule has 0 N–H and O–H groups in total. The Kier molecular flexibility index (Phi) is 5.12. The topological polar surface area (TPSA) is 114 Å². The first kappa shape index (κ1) is 20.8. The first-order valence-electron chi connectivity index (χ1n) is 10.6. The van der Waals surface area contributed by atoms with Gasteiger partial charge in [0.05, 0.1) is 25.3 Å². The second kappa shape index (κ2) is 8.12. The van der Waals surface area contributed by atoms with Gasteiger partial charge >= 0.3 is 5.97 Å². The van der Waals surface area contributed by atoms with Gasteiger partial charge in [-0.3, -0.25) is 9.36 Å². The molecule has 1 aliphatic rings. The number of nitrogens with zero attached hydrogens (tertiary/aromatic N) is 6. The van der Waals surface area contributed by atoms with Crippen LogP contribution >= 0.6 is 0 Å². The molecule has 3 aromatic heterocycles. The summed E-state index contributed by atoms with van der Waals surface area (Å²) in [5.74, 6) is 0.476. The number of esters is 1. The minimum absolute atomic E-state index is 0.164. The number of ether oxygens (including phenoxy) is 2. The number of hydrogen-bond acceptors (Lipinski definition) is 8. The van der Waals surface area contributed by atoms with Gasteiger partial charge < -0.3 is 14.0 Å². The number of aromatic nitrogens is 6. The van der Waals surface area contributed by atoms with E-state index in [2.05, 4.69) is 19.5 Å². The molecule has 168 valence electrons. The molecule has 5 rings (SSSR count). The van der Waals surface area contributed by atoms with Gasteiger partial charge in [0.25, 0.3) is 5.56 Å². The quantitative estimate of drug-likeness (QED) is 0.430. The number of carbonyl (C=O) groups is 1. The Hall–Kier alpha value is -4.08. The van der Waals surface area contributed by atoms with Crippen LogP contribution in [-0.4, -0.2) is 49.3 Å². The second-order valence-electron chi connectivity index (χ2n) is 7.84. The Balaban J connectivity index is 1.77. The summed E-state index contributed by atoms with van der Waals surface area (Å²) in [5, 5.41) is 0. The monoisotopic (exact) mass is 446 g/mol. The van der Waals surface area contributed by atoms with Crippen molar-refractivity contribution in [3.05, 3.63) is 52.7 Å². The second-order valence-corrected chi connectivity index (χ2v) is 7.84. The molecule has 1 fully saturated rings. The van der Waals surface area contributed by atoms with E-state index in [-0.39, 0.29) is 23.3 Å². The summed E-state index contributed by atoms with van der Waals surface area (Å²) in [7, 11) is 4.14. The normalized spacial score (nSPS) is 13.7. The van der Waals surface area contributed by atoms with Gasteiger partial charge in [-0.15, -0.1) is 0 Å². The maximum Gasteiger partial charge on any atom is 0.360 e. The minimum atomic E-state index is -0.749. The van der Waals surface area contributed by atoms with Gasteiger partial charge in [-0.2, -0.15) is 0 Å². The summed E-state index contributed by atoms with van der Waals surface area (Å²) in [6, 6.07) is 7.80. The highest BCUT2D eigenvalue weighted by Gasteiger charge is 2.30. The maximum atomic E-state index is 13.0. The van der Waals surface area contributed by atoms with Gasteiger partial charge in [0, 0.05) is 31.0 Å². The standard InChI is InChI=1S/C23H22N6O4/c1-28-20(27-17(23(31)33-3)18(32-2)22(28)30)21-26-15-9-8-13(19-24-10-5-11-25-19)12-16(15)29(21)14-6-4-7-14/h5,8-12,14H,4,6-7H2,1-3H3. The Labute approximate surface area is 188 Å². The lowest BCUT2D eigenvalue weighted by atomic mass is 9.92. The van der Waals surface area contributed by atoms with E-state index in [9.17, 15) is 9.59 Å². The highest BCUT2D eigenvalue weighted by Crippen LogP contribution is 2.39. The van der Waals surface area contributed by atoms with Crippen molar-refractivity contribution in [2.75, 3.05) is 14.2 Å². The summed E-state index contributed by atoms with van der Waals surface area (Å²) >= 11 is 0. The van der Waals surface area contributed by atoms with Crippen LogP contribution in [0.4, 0.5) is 0 Å². The predicted molar refractivity (Wildman–Crippen MR) is 120 cm³/mol. The molecule has 3 heterocycles. The molecule has 0 aliphatic heterocycles. The minimum Gasteiger partial charge on any atom is -0.489 e. The number of benzene rings is 1. The third kappa shape index (κ3) is 3.34. The van der Waals surface area contributed by atoms with E-state index in [0.717, 1.165) is 35.9 Å². The van der Waals surface area contributed by atoms with Crippen molar-refractivity contribution in [3.8, 4) is 28.8 Å². The molecule has 0 spiro atoms. The van der Waals surface area contributed by atoms with Crippen LogP contribution in [0.5, 0.6) is 5.75 Å². The number of fused-ring (bicyclic) bond motifs is 1. The van der Waals surface area contributed by atoms with Crippen LogP contribution in [0.2, 0.25) is 0 Å². The van der Waals surface area contributed by atoms with Crippen LogP contribution in [-0.2, 0) is 11.8 Å². The Morgan fingerprint density at radius 1 is 1.09 bits per heavy atom. The zero-order valence-corrected chi connectivity index (χ0v) is 18.5. The molecule has 1 aromatic carbocycles. The molecule has 0 unspecified atom stereocenters. The summed E-state index contributed by atoms with van der Waals surface area (Å²) in [5.41, 5.74) is 1.84.